The molecule has 2 N–H and O–H groups in total. The van der Waals surface area contributed by atoms with Crippen molar-refractivity contribution in [3.8, 4) is 0 Å². The fraction of sp³-hybridized carbons (Fsp3) is 0.0833. The Kier molecular flexibility index (Phi) is 4.43. The van der Waals surface area contributed by atoms with Gasteiger partial charge >= 0.3 is 0 Å². The molecule has 0 aliphatic heterocycles. The summed E-state index contributed by atoms with van der Waals surface area (Å²) in [6.45, 7) is 0. The Labute approximate surface area is 128 Å². The first kappa shape index (κ1) is 15.6. The highest BCUT2D eigenvalue weighted by Crippen LogP contribution is 2.26. The first-order valence-electron chi connectivity index (χ1n) is 5.64. The van der Waals surface area contributed by atoms with Gasteiger partial charge in [-0.3, -0.25) is 4.72 Å². The molecule has 1 heterocycles. The molecule has 0 aliphatic carbocycles. The topological polar surface area (TPSA) is 71.1 Å². The maximum atomic E-state index is 13.5. The average Bonchev–Trinajstić information content (AvgIpc) is 2.42. The molecule has 0 unspecified atom stereocenters. The van der Waals surface area contributed by atoms with E-state index in [1.807, 2.05) is 4.72 Å². The van der Waals surface area contributed by atoms with Crippen molar-refractivity contribution < 1.29 is 17.2 Å². The summed E-state index contributed by atoms with van der Waals surface area (Å²) < 4.78 is 53.7. The molecule has 2 aromatic rings. The van der Waals surface area contributed by atoms with Crippen molar-refractivity contribution in [2.45, 2.75) is 4.90 Å². The summed E-state index contributed by atoms with van der Waals surface area (Å²) in [4.78, 5) is 3.71. The number of pyridine rings is 1. The van der Waals surface area contributed by atoms with Crippen LogP contribution in [0.25, 0.3) is 0 Å². The van der Waals surface area contributed by atoms with E-state index in [0.29, 0.717) is 4.47 Å². The molecule has 1 aromatic heterocycles. The van der Waals surface area contributed by atoms with E-state index in [1.165, 1.54) is 19.3 Å². The second kappa shape index (κ2) is 5.94. The van der Waals surface area contributed by atoms with Gasteiger partial charge in [-0.15, -0.1) is 0 Å². The highest BCUT2D eigenvalue weighted by Gasteiger charge is 2.21. The van der Waals surface area contributed by atoms with Gasteiger partial charge in [0.05, 0.1) is 5.69 Å². The van der Waals surface area contributed by atoms with Gasteiger partial charge < -0.3 is 5.32 Å². The number of halogens is 3. The molecule has 112 valence electrons. The van der Waals surface area contributed by atoms with Gasteiger partial charge in [0.15, 0.2) is 0 Å². The number of hydrogen-bond donors (Lipinski definition) is 2. The molecular weight excluding hydrogens is 368 g/mol. The van der Waals surface area contributed by atoms with Crippen molar-refractivity contribution >= 4 is 37.5 Å². The third kappa shape index (κ3) is 3.48. The lowest BCUT2D eigenvalue weighted by atomic mass is 10.3. The Bertz CT molecular complexity index is 784. The molecule has 0 spiro atoms. The zero-order valence-electron chi connectivity index (χ0n) is 10.7. The Morgan fingerprint density at radius 1 is 1.24 bits per heavy atom. The molecule has 21 heavy (non-hydrogen) atoms. The van der Waals surface area contributed by atoms with Crippen LogP contribution in [0, 0.1) is 11.6 Å². The standard InChI is InChI=1S/C12H10BrF2N3O2S/c1-16-12-11(4-7(13)6-17-12)21(19,20)18-10-5-8(14)2-3-9(10)15/h2-6,18H,1H3,(H,16,17). The highest BCUT2D eigenvalue weighted by molar-refractivity contribution is 9.10. The lowest BCUT2D eigenvalue weighted by Gasteiger charge is -2.12. The maximum Gasteiger partial charge on any atom is 0.265 e. The van der Waals surface area contributed by atoms with Crippen molar-refractivity contribution in [2.24, 2.45) is 0 Å². The minimum absolute atomic E-state index is 0.0857. The molecule has 2 rings (SSSR count). The predicted molar refractivity (Wildman–Crippen MR) is 78.7 cm³/mol. The molecule has 0 atom stereocenters. The van der Waals surface area contributed by atoms with Gasteiger partial charge in [-0.1, -0.05) is 0 Å². The number of hydrogen-bond acceptors (Lipinski definition) is 4. The molecule has 0 amide bonds. The van der Waals surface area contributed by atoms with Crippen LogP contribution in [0.15, 0.2) is 39.8 Å². The van der Waals surface area contributed by atoms with Crippen LogP contribution in [0.2, 0.25) is 0 Å². The summed E-state index contributed by atoms with van der Waals surface area (Å²) >= 11 is 3.11. The summed E-state index contributed by atoms with van der Waals surface area (Å²) in [6, 6.07) is 3.80. The minimum atomic E-state index is -4.13. The van der Waals surface area contributed by atoms with E-state index >= 15 is 0 Å². The molecule has 5 nitrogen and oxygen atoms in total. The quantitative estimate of drug-likeness (QED) is 0.858. The maximum absolute atomic E-state index is 13.5. The Morgan fingerprint density at radius 2 is 1.95 bits per heavy atom. The van der Waals surface area contributed by atoms with Gasteiger partial charge in [0, 0.05) is 23.8 Å². The van der Waals surface area contributed by atoms with Crippen LogP contribution in [-0.4, -0.2) is 20.4 Å². The highest BCUT2D eigenvalue weighted by atomic mass is 79.9. The normalized spacial score (nSPS) is 11.2. The van der Waals surface area contributed by atoms with Crippen LogP contribution in [0.3, 0.4) is 0 Å². The van der Waals surface area contributed by atoms with Gasteiger partial charge in [-0.2, -0.15) is 0 Å². The molecule has 0 radical (unpaired) electrons. The van der Waals surface area contributed by atoms with Crippen molar-refractivity contribution in [3.63, 3.8) is 0 Å². The van der Waals surface area contributed by atoms with E-state index < -0.39 is 27.3 Å². The smallest absolute Gasteiger partial charge is 0.265 e. The molecule has 0 fully saturated rings. The van der Waals surface area contributed by atoms with Gasteiger partial charge in [0.1, 0.15) is 22.3 Å². The lowest BCUT2D eigenvalue weighted by molar-refractivity contribution is 0.594. The fourth-order valence-electron chi connectivity index (χ4n) is 1.59. The lowest BCUT2D eigenvalue weighted by Crippen LogP contribution is -2.16. The Morgan fingerprint density at radius 3 is 2.62 bits per heavy atom. The Balaban J connectivity index is 2.48. The van der Waals surface area contributed by atoms with Gasteiger partial charge in [-0.05, 0) is 34.1 Å². The molecule has 0 bridgehead atoms. The molecule has 1 aromatic carbocycles. The number of sulfonamides is 1. The van der Waals surface area contributed by atoms with Crippen LogP contribution in [0.1, 0.15) is 0 Å². The summed E-state index contributed by atoms with van der Waals surface area (Å²) in [6.07, 6.45) is 1.41. The van der Waals surface area contributed by atoms with Crippen molar-refractivity contribution in [1.29, 1.82) is 0 Å². The van der Waals surface area contributed by atoms with E-state index in [-0.39, 0.29) is 10.7 Å². The SMILES string of the molecule is CNc1ncc(Br)cc1S(=O)(=O)Nc1cc(F)ccc1F. The van der Waals surface area contributed by atoms with Crippen molar-refractivity contribution in [1.82, 2.24) is 4.98 Å². The largest absolute Gasteiger partial charge is 0.372 e. The van der Waals surface area contributed by atoms with E-state index in [0.717, 1.165) is 18.2 Å². The van der Waals surface area contributed by atoms with Crippen LogP contribution in [0.5, 0.6) is 0 Å². The first-order valence-corrected chi connectivity index (χ1v) is 7.92. The fourth-order valence-corrected chi connectivity index (χ4v) is 3.32. The third-order valence-corrected chi connectivity index (χ3v) is 4.33. The number of rotatable bonds is 4. The monoisotopic (exact) mass is 377 g/mol. The summed E-state index contributed by atoms with van der Waals surface area (Å²) in [7, 11) is -2.63. The minimum Gasteiger partial charge on any atom is -0.372 e. The molecule has 0 saturated carbocycles. The molecule has 9 heteroatoms. The van der Waals surface area contributed by atoms with E-state index in [2.05, 4.69) is 26.2 Å². The molecular formula is C12H10BrF2N3O2S. The van der Waals surface area contributed by atoms with Crippen LogP contribution < -0.4 is 10.0 Å². The van der Waals surface area contributed by atoms with Gasteiger partial charge in [-0.25, -0.2) is 22.2 Å². The molecule has 0 saturated heterocycles. The Hall–Kier alpha value is -1.74. The van der Waals surface area contributed by atoms with Crippen LogP contribution in [0.4, 0.5) is 20.3 Å². The van der Waals surface area contributed by atoms with Gasteiger partial charge in [0.25, 0.3) is 10.0 Å². The number of aromatic nitrogens is 1. The third-order valence-electron chi connectivity index (χ3n) is 2.52. The molecule has 0 aliphatic rings. The summed E-state index contributed by atoms with van der Waals surface area (Å²) in [5, 5.41) is 2.62. The van der Waals surface area contributed by atoms with Crippen LogP contribution in [-0.2, 0) is 10.0 Å². The number of nitrogens with zero attached hydrogens (tertiary/aromatic N) is 1. The van der Waals surface area contributed by atoms with Crippen molar-refractivity contribution in [3.05, 3.63) is 46.6 Å². The van der Waals surface area contributed by atoms with Crippen LogP contribution >= 0.6 is 15.9 Å². The van der Waals surface area contributed by atoms with E-state index in [4.69, 9.17) is 0 Å². The summed E-state index contributed by atoms with van der Waals surface area (Å²) in [5.74, 6) is -1.55. The first-order chi connectivity index (χ1) is 9.83. The summed E-state index contributed by atoms with van der Waals surface area (Å²) in [5.41, 5.74) is -0.475. The second-order valence-electron chi connectivity index (χ2n) is 3.98. The zero-order valence-corrected chi connectivity index (χ0v) is 13.1. The number of benzene rings is 1. The van der Waals surface area contributed by atoms with Crippen molar-refractivity contribution in [2.75, 3.05) is 17.1 Å². The average molecular weight is 378 g/mol. The zero-order chi connectivity index (χ0) is 15.6. The number of nitrogens with one attached hydrogen (secondary N) is 2. The second-order valence-corrected chi connectivity index (χ2v) is 6.55. The van der Waals surface area contributed by atoms with Gasteiger partial charge in [0.2, 0.25) is 0 Å². The van der Waals surface area contributed by atoms with E-state index in [9.17, 15) is 17.2 Å². The van der Waals surface area contributed by atoms with E-state index in [1.54, 1.807) is 0 Å². The predicted octanol–water partition coefficient (Wildman–Crippen LogP) is 2.96. The number of anilines is 2.